The van der Waals surface area contributed by atoms with E-state index in [2.05, 4.69) is 4.98 Å². The number of aryl methyl sites for hydroxylation is 1. The lowest BCUT2D eigenvalue weighted by atomic mass is 10.1. The Morgan fingerprint density at radius 3 is 2.71 bits per heavy atom. The van der Waals surface area contributed by atoms with Gasteiger partial charge in [0.1, 0.15) is 0 Å². The van der Waals surface area contributed by atoms with Crippen molar-refractivity contribution in [1.29, 1.82) is 5.41 Å². The van der Waals surface area contributed by atoms with E-state index in [1.54, 1.807) is 36.9 Å². The van der Waals surface area contributed by atoms with Gasteiger partial charge in [-0.25, -0.2) is 4.79 Å². The number of aromatic nitrogens is 2. The standard InChI is InChI=1S/C14H17N3O3S/c1-4-20-13(19)11-8(2)12(16-9(11)3)10(18)7-17-5-6-21-14(17)15/h5-6,15-16H,4,7H2,1-3H3. The second-order valence-electron chi connectivity index (χ2n) is 4.60. The molecule has 2 rings (SSSR count). The van der Waals surface area contributed by atoms with Crippen LogP contribution in [0.5, 0.6) is 0 Å². The summed E-state index contributed by atoms with van der Waals surface area (Å²) >= 11 is 1.26. The molecule has 0 spiro atoms. The molecular weight excluding hydrogens is 290 g/mol. The Morgan fingerprint density at radius 1 is 1.43 bits per heavy atom. The molecule has 2 aromatic rings. The van der Waals surface area contributed by atoms with Gasteiger partial charge in [-0.3, -0.25) is 10.2 Å². The highest BCUT2D eigenvalue weighted by molar-refractivity contribution is 7.06. The van der Waals surface area contributed by atoms with Crippen molar-refractivity contribution < 1.29 is 14.3 Å². The van der Waals surface area contributed by atoms with E-state index in [1.807, 2.05) is 0 Å². The number of aromatic amines is 1. The smallest absolute Gasteiger partial charge is 0.340 e. The molecule has 0 aliphatic rings. The fraction of sp³-hybridized carbons (Fsp3) is 0.357. The van der Waals surface area contributed by atoms with E-state index in [1.165, 1.54) is 11.3 Å². The molecule has 0 unspecified atom stereocenters. The number of ketones is 1. The first kappa shape index (κ1) is 15.2. The van der Waals surface area contributed by atoms with Crippen LogP contribution in [0.25, 0.3) is 0 Å². The van der Waals surface area contributed by atoms with Crippen LogP contribution in [0, 0.1) is 19.3 Å². The Morgan fingerprint density at radius 2 is 2.14 bits per heavy atom. The van der Waals surface area contributed by atoms with E-state index in [-0.39, 0.29) is 12.3 Å². The molecule has 2 heterocycles. The van der Waals surface area contributed by atoms with Crippen molar-refractivity contribution in [2.24, 2.45) is 0 Å². The Kier molecular flexibility index (Phi) is 4.42. The Bertz CT molecular complexity index is 739. The third kappa shape index (κ3) is 2.97. The molecule has 0 aromatic carbocycles. The van der Waals surface area contributed by atoms with Crippen LogP contribution < -0.4 is 4.80 Å². The molecule has 2 aromatic heterocycles. The lowest BCUT2D eigenvalue weighted by Gasteiger charge is -2.03. The van der Waals surface area contributed by atoms with Gasteiger partial charge in [0.05, 0.1) is 24.4 Å². The van der Waals surface area contributed by atoms with Gasteiger partial charge in [0, 0.05) is 17.3 Å². The second-order valence-corrected chi connectivity index (χ2v) is 5.50. The number of nitrogens with one attached hydrogen (secondary N) is 2. The zero-order valence-corrected chi connectivity index (χ0v) is 13.0. The summed E-state index contributed by atoms with van der Waals surface area (Å²) in [6, 6.07) is 0. The first-order valence-corrected chi connectivity index (χ1v) is 7.41. The third-order valence-corrected chi connectivity index (χ3v) is 3.91. The van der Waals surface area contributed by atoms with Gasteiger partial charge >= 0.3 is 5.97 Å². The van der Waals surface area contributed by atoms with Crippen molar-refractivity contribution in [3.8, 4) is 0 Å². The van der Waals surface area contributed by atoms with Crippen molar-refractivity contribution in [3.63, 3.8) is 0 Å². The Labute approximate surface area is 125 Å². The lowest BCUT2D eigenvalue weighted by molar-refractivity contribution is 0.0525. The minimum absolute atomic E-state index is 0.0748. The first-order valence-electron chi connectivity index (χ1n) is 6.53. The number of H-pyrrole nitrogens is 1. The van der Waals surface area contributed by atoms with Crippen molar-refractivity contribution in [2.45, 2.75) is 27.3 Å². The highest BCUT2D eigenvalue weighted by Gasteiger charge is 2.22. The van der Waals surface area contributed by atoms with E-state index in [4.69, 9.17) is 10.1 Å². The molecule has 21 heavy (non-hydrogen) atoms. The monoisotopic (exact) mass is 307 g/mol. The first-order chi connectivity index (χ1) is 9.95. The third-order valence-electron chi connectivity index (χ3n) is 3.19. The summed E-state index contributed by atoms with van der Waals surface area (Å²) in [7, 11) is 0. The number of carbonyl (C=O) groups is 2. The SMILES string of the molecule is CCOC(=O)c1c(C)[nH]c(C(=O)Cn2ccsc2=N)c1C. The van der Waals surface area contributed by atoms with Crippen LogP contribution in [-0.4, -0.2) is 27.9 Å². The number of hydrogen-bond donors (Lipinski definition) is 2. The van der Waals surface area contributed by atoms with E-state index in [9.17, 15) is 9.59 Å². The number of thiazole rings is 1. The van der Waals surface area contributed by atoms with Gasteiger partial charge < -0.3 is 14.3 Å². The Balaban J connectivity index is 2.31. The lowest BCUT2D eigenvalue weighted by Crippen LogP contribution is -2.19. The van der Waals surface area contributed by atoms with Gasteiger partial charge in [0.2, 0.25) is 0 Å². The number of carbonyl (C=O) groups excluding carboxylic acids is 2. The van der Waals surface area contributed by atoms with Crippen LogP contribution in [0.2, 0.25) is 0 Å². The summed E-state index contributed by atoms with van der Waals surface area (Å²) in [6.45, 7) is 5.57. The van der Waals surface area contributed by atoms with E-state index in [0.29, 0.717) is 33.9 Å². The van der Waals surface area contributed by atoms with Gasteiger partial charge in [0.25, 0.3) is 0 Å². The van der Waals surface area contributed by atoms with Gasteiger partial charge in [-0.1, -0.05) is 0 Å². The molecule has 0 fully saturated rings. The maximum atomic E-state index is 12.3. The number of hydrogen-bond acceptors (Lipinski definition) is 5. The van der Waals surface area contributed by atoms with Crippen LogP contribution >= 0.6 is 11.3 Å². The molecule has 6 nitrogen and oxygen atoms in total. The molecule has 0 bridgehead atoms. The highest BCUT2D eigenvalue weighted by Crippen LogP contribution is 2.19. The highest BCUT2D eigenvalue weighted by atomic mass is 32.1. The predicted molar refractivity (Wildman–Crippen MR) is 78.7 cm³/mol. The number of rotatable bonds is 5. The summed E-state index contributed by atoms with van der Waals surface area (Å²) in [4.78, 5) is 27.5. The average molecular weight is 307 g/mol. The molecule has 2 N–H and O–H groups in total. The number of nitrogens with zero attached hydrogens (tertiary/aromatic N) is 1. The maximum absolute atomic E-state index is 12.3. The van der Waals surface area contributed by atoms with Crippen LogP contribution in [-0.2, 0) is 11.3 Å². The van der Waals surface area contributed by atoms with Gasteiger partial charge in [0.15, 0.2) is 10.6 Å². The fourth-order valence-corrected chi connectivity index (χ4v) is 2.80. The van der Waals surface area contributed by atoms with Crippen LogP contribution in [0.1, 0.15) is 39.0 Å². The van der Waals surface area contributed by atoms with Gasteiger partial charge in [-0.05, 0) is 26.3 Å². The summed E-state index contributed by atoms with van der Waals surface area (Å²) in [6.07, 6.45) is 1.70. The average Bonchev–Trinajstić information content (AvgIpc) is 2.94. The predicted octanol–water partition coefficient (Wildman–Crippen LogP) is 2.03. The summed E-state index contributed by atoms with van der Waals surface area (Å²) < 4.78 is 6.57. The molecular formula is C14H17N3O3S. The zero-order chi connectivity index (χ0) is 15.6. The van der Waals surface area contributed by atoms with E-state index in [0.717, 1.165) is 0 Å². The summed E-state index contributed by atoms with van der Waals surface area (Å²) in [5.41, 5.74) is 2.03. The molecule has 7 heteroatoms. The second kappa shape index (κ2) is 6.09. The Hall–Kier alpha value is -2.15. The molecule has 0 saturated heterocycles. The topological polar surface area (TPSA) is 87.9 Å². The molecule has 0 atom stereocenters. The molecule has 0 aliphatic heterocycles. The van der Waals surface area contributed by atoms with Crippen molar-refractivity contribution >= 4 is 23.1 Å². The largest absolute Gasteiger partial charge is 0.462 e. The minimum Gasteiger partial charge on any atom is -0.462 e. The number of ether oxygens (including phenoxy) is 1. The molecule has 0 amide bonds. The van der Waals surface area contributed by atoms with Gasteiger partial charge in [-0.15, -0.1) is 11.3 Å². The van der Waals surface area contributed by atoms with Gasteiger partial charge in [-0.2, -0.15) is 0 Å². The molecule has 112 valence electrons. The minimum atomic E-state index is -0.424. The molecule has 0 aliphatic carbocycles. The molecule has 0 saturated carbocycles. The van der Waals surface area contributed by atoms with Crippen LogP contribution in [0.3, 0.4) is 0 Å². The van der Waals surface area contributed by atoms with Crippen molar-refractivity contribution in [1.82, 2.24) is 9.55 Å². The fourth-order valence-electron chi connectivity index (χ4n) is 2.20. The van der Waals surface area contributed by atoms with E-state index >= 15 is 0 Å². The van der Waals surface area contributed by atoms with Crippen molar-refractivity contribution in [2.75, 3.05) is 6.61 Å². The summed E-state index contributed by atoms with van der Waals surface area (Å²) in [5.74, 6) is -0.588. The maximum Gasteiger partial charge on any atom is 0.340 e. The van der Waals surface area contributed by atoms with Crippen LogP contribution in [0.4, 0.5) is 0 Å². The summed E-state index contributed by atoms with van der Waals surface area (Å²) in [5, 5.41) is 9.43. The number of Topliss-reactive ketones (excluding diaryl/α,β-unsaturated/α-hetero) is 1. The molecule has 0 radical (unpaired) electrons. The zero-order valence-electron chi connectivity index (χ0n) is 12.1. The van der Waals surface area contributed by atoms with Crippen molar-refractivity contribution in [3.05, 3.63) is 38.9 Å². The number of esters is 1. The van der Waals surface area contributed by atoms with Crippen LogP contribution in [0.15, 0.2) is 11.6 Å². The van der Waals surface area contributed by atoms with E-state index < -0.39 is 5.97 Å². The quantitative estimate of drug-likeness (QED) is 0.654. The normalized spacial score (nSPS) is 10.6.